The highest BCUT2D eigenvalue weighted by molar-refractivity contribution is 6.06. The molecule has 2 unspecified atom stereocenters. The molecular weight excluding hydrogens is 408 g/mol. The number of fused-ring (bicyclic) bond motifs is 1. The number of hydrogen-bond donors (Lipinski definition) is 1. The number of hydrogen-bond acceptors (Lipinski definition) is 6. The zero-order valence-corrected chi connectivity index (χ0v) is 17.6. The quantitative estimate of drug-likeness (QED) is 0.619. The van der Waals surface area contributed by atoms with E-state index in [0.29, 0.717) is 30.8 Å². The smallest absolute Gasteiger partial charge is 0.255 e. The van der Waals surface area contributed by atoms with Crippen molar-refractivity contribution in [3.05, 3.63) is 65.6 Å². The summed E-state index contributed by atoms with van der Waals surface area (Å²) < 4.78 is 1.78. The average Bonchev–Trinajstić information content (AvgIpc) is 3.39. The minimum atomic E-state index is -0.643. The van der Waals surface area contributed by atoms with E-state index in [0.717, 1.165) is 16.8 Å². The van der Waals surface area contributed by atoms with Crippen LogP contribution >= 0.6 is 0 Å². The number of benzene rings is 1. The molecule has 0 radical (unpaired) electrons. The van der Waals surface area contributed by atoms with Crippen molar-refractivity contribution in [3.63, 3.8) is 0 Å². The summed E-state index contributed by atoms with van der Waals surface area (Å²) in [7, 11) is 0. The van der Waals surface area contributed by atoms with Gasteiger partial charge in [0.1, 0.15) is 11.7 Å². The molecule has 2 aliphatic rings. The number of imide groups is 1. The zero-order chi connectivity index (χ0) is 22.2. The first-order valence-corrected chi connectivity index (χ1v) is 10.6. The van der Waals surface area contributed by atoms with Crippen LogP contribution in [0.2, 0.25) is 0 Å². The number of carbonyl (C=O) groups excluding carboxylic acids is 3. The van der Waals surface area contributed by atoms with Crippen LogP contribution in [0.25, 0.3) is 11.3 Å². The number of nitrogens with zero attached hydrogens (tertiary/aromatic N) is 5. The van der Waals surface area contributed by atoms with E-state index in [1.807, 2.05) is 36.5 Å². The van der Waals surface area contributed by atoms with Crippen molar-refractivity contribution in [1.29, 1.82) is 0 Å². The van der Waals surface area contributed by atoms with Crippen molar-refractivity contribution in [1.82, 2.24) is 30.2 Å². The van der Waals surface area contributed by atoms with Gasteiger partial charge in [-0.3, -0.25) is 29.4 Å². The molecule has 1 N–H and O–H groups in total. The molecule has 4 heterocycles. The molecular formula is C23H22N6O3. The second-order valence-corrected chi connectivity index (χ2v) is 8.21. The predicted octanol–water partition coefficient (Wildman–Crippen LogP) is 1.90. The fraction of sp³-hybridized carbons (Fsp3) is 0.304. The van der Waals surface area contributed by atoms with E-state index in [-0.39, 0.29) is 24.2 Å². The maximum atomic E-state index is 13.0. The Morgan fingerprint density at radius 3 is 2.75 bits per heavy atom. The van der Waals surface area contributed by atoms with Gasteiger partial charge in [-0.25, -0.2) is 0 Å². The van der Waals surface area contributed by atoms with Gasteiger partial charge in [0, 0.05) is 41.9 Å². The third kappa shape index (κ3) is 3.55. The molecule has 3 amide bonds. The lowest BCUT2D eigenvalue weighted by atomic mass is 10.0. The molecule has 0 spiro atoms. The maximum Gasteiger partial charge on any atom is 0.255 e. The topological polar surface area (TPSA) is 110 Å². The van der Waals surface area contributed by atoms with Gasteiger partial charge in [-0.1, -0.05) is 30.3 Å². The molecule has 162 valence electrons. The molecule has 5 rings (SSSR count). The summed E-state index contributed by atoms with van der Waals surface area (Å²) in [4.78, 5) is 42.8. The van der Waals surface area contributed by atoms with E-state index in [1.165, 1.54) is 0 Å². The lowest BCUT2D eigenvalue weighted by molar-refractivity contribution is -0.136. The summed E-state index contributed by atoms with van der Waals surface area (Å²) >= 11 is 0. The Labute approximate surface area is 184 Å². The highest BCUT2D eigenvalue weighted by Gasteiger charge is 2.40. The Morgan fingerprint density at radius 1 is 1.12 bits per heavy atom. The van der Waals surface area contributed by atoms with E-state index < -0.39 is 11.9 Å². The van der Waals surface area contributed by atoms with E-state index >= 15 is 0 Å². The Kier molecular flexibility index (Phi) is 5.01. The Hall–Kier alpha value is -3.88. The van der Waals surface area contributed by atoms with Crippen molar-refractivity contribution >= 4 is 17.7 Å². The molecule has 32 heavy (non-hydrogen) atoms. The van der Waals surface area contributed by atoms with Crippen LogP contribution in [0.4, 0.5) is 0 Å². The highest BCUT2D eigenvalue weighted by atomic mass is 16.2. The van der Waals surface area contributed by atoms with Crippen LogP contribution in [0.1, 0.15) is 47.3 Å². The van der Waals surface area contributed by atoms with Crippen LogP contribution in [0.5, 0.6) is 0 Å². The van der Waals surface area contributed by atoms with Crippen LogP contribution in [-0.2, 0) is 22.7 Å². The fourth-order valence-corrected chi connectivity index (χ4v) is 4.38. The first-order chi connectivity index (χ1) is 15.5. The van der Waals surface area contributed by atoms with E-state index in [2.05, 4.69) is 27.5 Å². The van der Waals surface area contributed by atoms with Gasteiger partial charge in [0.05, 0.1) is 12.7 Å². The van der Waals surface area contributed by atoms with Crippen LogP contribution < -0.4 is 5.32 Å². The summed E-state index contributed by atoms with van der Waals surface area (Å²) in [5.41, 5.74) is 3.86. The van der Waals surface area contributed by atoms with Gasteiger partial charge < -0.3 is 4.90 Å². The highest BCUT2D eigenvalue weighted by Crippen LogP contribution is 2.34. The van der Waals surface area contributed by atoms with Crippen LogP contribution in [0, 0.1) is 0 Å². The Morgan fingerprint density at radius 2 is 1.97 bits per heavy atom. The minimum absolute atomic E-state index is 0.164. The van der Waals surface area contributed by atoms with E-state index in [9.17, 15) is 14.4 Å². The summed E-state index contributed by atoms with van der Waals surface area (Å²) in [6.07, 6.45) is 4.21. The van der Waals surface area contributed by atoms with E-state index in [1.54, 1.807) is 21.8 Å². The summed E-state index contributed by atoms with van der Waals surface area (Å²) in [6, 6.07) is 10.7. The molecule has 0 bridgehead atoms. The Bertz CT molecular complexity index is 1210. The second-order valence-electron chi connectivity index (χ2n) is 8.21. The van der Waals surface area contributed by atoms with Gasteiger partial charge in [-0.2, -0.15) is 0 Å². The average molecular weight is 430 g/mol. The van der Waals surface area contributed by atoms with Crippen molar-refractivity contribution < 1.29 is 14.4 Å². The van der Waals surface area contributed by atoms with Gasteiger partial charge in [0.2, 0.25) is 11.8 Å². The summed E-state index contributed by atoms with van der Waals surface area (Å²) in [5.74, 6) is -0.754. The fourth-order valence-electron chi connectivity index (χ4n) is 4.38. The van der Waals surface area contributed by atoms with Crippen molar-refractivity contribution in [2.45, 2.75) is 44.8 Å². The molecule has 9 nitrogen and oxygen atoms in total. The number of nitrogens with one attached hydrogen (secondary N) is 1. The number of pyridine rings is 1. The molecule has 9 heteroatoms. The van der Waals surface area contributed by atoms with Crippen molar-refractivity contribution in [2.75, 3.05) is 0 Å². The van der Waals surface area contributed by atoms with Gasteiger partial charge in [-0.15, -0.1) is 5.10 Å². The van der Waals surface area contributed by atoms with Crippen molar-refractivity contribution in [3.8, 4) is 11.3 Å². The predicted molar refractivity (Wildman–Crippen MR) is 114 cm³/mol. The Balaban J connectivity index is 1.38. The molecule has 1 aromatic carbocycles. The van der Waals surface area contributed by atoms with Gasteiger partial charge in [0.15, 0.2) is 0 Å². The summed E-state index contributed by atoms with van der Waals surface area (Å²) in [5, 5.41) is 10.9. The molecule has 2 aliphatic heterocycles. The lowest BCUT2D eigenvalue weighted by Gasteiger charge is -2.29. The number of rotatable bonds is 5. The monoisotopic (exact) mass is 430 g/mol. The molecule has 0 aliphatic carbocycles. The molecule has 1 fully saturated rings. The van der Waals surface area contributed by atoms with Gasteiger partial charge in [0.25, 0.3) is 5.91 Å². The maximum absolute atomic E-state index is 13.0. The first-order valence-electron chi connectivity index (χ1n) is 10.6. The zero-order valence-electron chi connectivity index (χ0n) is 17.6. The van der Waals surface area contributed by atoms with Crippen LogP contribution in [0.3, 0.4) is 0 Å². The number of piperidine rings is 1. The second kappa shape index (κ2) is 7.99. The van der Waals surface area contributed by atoms with Gasteiger partial charge >= 0.3 is 0 Å². The molecule has 3 aromatic rings. The molecule has 2 atom stereocenters. The first kappa shape index (κ1) is 20.0. The molecule has 2 aromatic heterocycles. The number of amides is 3. The normalized spacial score (nSPS) is 19.1. The number of carbonyl (C=O) groups is 3. The largest absolute Gasteiger partial charge is 0.322 e. The molecule has 1 saturated heterocycles. The number of aromatic nitrogens is 4. The minimum Gasteiger partial charge on any atom is -0.322 e. The van der Waals surface area contributed by atoms with Crippen molar-refractivity contribution in [2.24, 2.45) is 0 Å². The lowest BCUT2D eigenvalue weighted by Crippen LogP contribution is -2.52. The third-order valence-electron chi connectivity index (χ3n) is 6.05. The van der Waals surface area contributed by atoms with E-state index in [4.69, 9.17) is 0 Å². The SMILES string of the molecule is CC(Cn1cc(-c2cccc3c2CN(C2CCC(=O)NC2=O)C3=O)nn1)c1ccccn1. The standard InChI is InChI=1S/C23H22N6O3/c1-14(18-7-2-3-10-24-18)11-28-13-19(26-27-28)15-5-4-6-16-17(15)12-29(23(16)32)20-8-9-21(30)25-22(20)31/h2-7,10,13-14,20H,8-9,11-12H2,1H3,(H,25,30,31). The summed E-state index contributed by atoms with van der Waals surface area (Å²) in [6.45, 7) is 3.01. The molecule has 0 saturated carbocycles. The van der Waals surface area contributed by atoms with Gasteiger partial charge in [-0.05, 0) is 30.2 Å². The van der Waals surface area contributed by atoms with Crippen LogP contribution in [0.15, 0.2) is 48.8 Å². The third-order valence-corrected chi connectivity index (χ3v) is 6.05. The van der Waals surface area contributed by atoms with Crippen LogP contribution in [-0.4, -0.2) is 48.6 Å².